The Morgan fingerprint density at radius 2 is 1.61 bits per heavy atom. The third kappa shape index (κ3) is 6.46. The normalized spacial score (nSPS) is 17.3. The van der Waals surface area contributed by atoms with Crippen LogP contribution in [0.3, 0.4) is 0 Å². The van der Waals surface area contributed by atoms with Gasteiger partial charge >= 0.3 is 0 Å². The molecule has 0 spiro atoms. The van der Waals surface area contributed by atoms with Crippen molar-refractivity contribution in [2.45, 2.75) is 38.6 Å². The van der Waals surface area contributed by atoms with E-state index in [1.54, 1.807) is 24.3 Å². The van der Waals surface area contributed by atoms with Gasteiger partial charge in [-0.1, -0.05) is 54.1 Å². The van der Waals surface area contributed by atoms with Gasteiger partial charge in [0.25, 0.3) is 11.8 Å². The molecule has 1 atom stereocenters. The Morgan fingerprint density at radius 3 is 2.36 bits per heavy atom. The quantitative estimate of drug-likeness (QED) is 0.430. The van der Waals surface area contributed by atoms with Gasteiger partial charge in [-0.15, -0.1) is 0 Å². The lowest BCUT2D eigenvalue weighted by atomic mass is 10.0. The van der Waals surface area contributed by atoms with E-state index in [1.165, 1.54) is 0 Å². The first-order chi connectivity index (χ1) is 17.6. The highest BCUT2D eigenvalue weighted by Gasteiger charge is 2.27. The number of para-hydroxylation sites is 1. The maximum absolute atomic E-state index is 13.8. The fraction of sp³-hybridized carbons (Fsp3) is 0.333. The molecule has 0 N–H and O–H groups in total. The Morgan fingerprint density at radius 1 is 0.917 bits per heavy atom. The van der Waals surface area contributed by atoms with E-state index in [9.17, 15) is 9.59 Å². The van der Waals surface area contributed by atoms with E-state index in [1.807, 2.05) is 59.2 Å². The standard InChI is InChI=1S/C30H33ClN2O3/c1-2-32-19-9-4-10-20-33(29(34)24-15-17-25(31)18-16-24)26(21-23-11-5-3-6-12-23)22-36-28-14-8-7-13-27(28)30(32)35/h3,5-8,11-18,26H,2,4,9-10,19-22H2,1H3/t26-/m1/s1. The summed E-state index contributed by atoms with van der Waals surface area (Å²) in [6.45, 7) is 4.23. The maximum Gasteiger partial charge on any atom is 0.257 e. The van der Waals surface area contributed by atoms with E-state index in [-0.39, 0.29) is 24.5 Å². The lowest BCUT2D eigenvalue weighted by molar-refractivity contribution is 0.0605. The first-order valence-electron chi connectivity index (χ1n) is 12.7. The number of carbonyl (C=O) groups excluding carboxylic acids is 2. The average Bonchev–Trinajstić information content (AvgIpc) is 2.92. The number of halogens is 1. The second-order valence-corrected chi connectivity index (χ2v) is 9.54. The molecule has 3 aromatic carbocycles. The number of hydrogen-bond donors (Lipinski definition) is 0. The zero-order chi connectivity index (χ0) is 25.3. The van der Waals surface area contributed by atoms with Crippen molar-refractivity contribution in [3.63, 3.8) is 0 Å². The molecule has 0 aromatic heterocycles. The molecule has 5 nitrogen and oxygen atoms in total. The summed E-state index contributed by atoms with van der Waals surface area (Å²) < 4.78 is 6.32. The minimum absolute atomic E-state index is 0.0129. The van der Waals surface area contributed by atoms with Gasteiger partial charge in [0.2, 0.25) is 0 Å². The second kappa shape index (κ2) is 12.6. The largest absolute Gasteiger partial charge is 0.491 e. The molecule has 36 heavy (non-hydrogen) atoms. The van der Waals surface area contributed by atoms with Crippen molar-refractivity contribution in [3.8, 4) is 5.75 Å². The molecule has 0 saturated heterocycles. The summed E-state index contributed by atoms with van der Waals surface area (Å²) in [5.74, 6) is 0.504. The molecule has 188 valence electrons. The van der Waals surface area contributed by atoms with E-state index >= 15 is 0 Å². The van der Waals surface area contributed by atoms with Gasteiger partial charge in [0.1, 0.15) is 12.4 Å². The van der Waals surface area contributed by atoms with Crippen LogP contribution in [0.25, 0.3) is 0 Å². The van der Waals surface area contributed by atoms with Gasteiger partial charge in [-0.2, -0.15) is 0 Å². The van der Waals surface area contributed by atoms with Crippen LogP contribution >= 0.6 is 11.6 Å². The van der Waals surface area contributed by atoms with Crippen molar-refractivity contribution in [2.24, 2.45) is 0 Å². The van der Waals surface area contributed by atoms with E-state index in [2.05, 4.69) is 12.1 Å². The number of amides is 2. The fourth-order valence-electron chi connectivity index (χ4n) is 4.64. The number of hydrogen-bond acceptors (Lipinski definition) is 3. The highest BCUT2D eigenvalue weighted by molar-refractivity contribution is 6.30. The van der Waals surface area contributed by atoms with Crippen molar-refractivity contribution in [3.05, 3.63) is 101 Å². The Labute approximate surface area is 218 Å². The van der Waals surface area contributed by atoms with Crippen molar-refractivity contribution in [2.75, 3.05) is 26.2 Å². The summed E-state index contributed by atoms with van der Waals surface area (Å²) in [6, 6.07) is 24.4. The average molecular weight is 505 g/mol. The van der Waals surface area contributed by atoms with Crippen LogP contribution in [0.15, 0.2) is 78.9 Å². The van der Waals surface area contributed by atoms with Crippen LogP contribution in [0.2, 0.25) is 5.02 Å². The molecule has 0 saturated carbocycles. The Bertz CT molecular complexity index is 1150. The Kier molecular flexibility index (Phi) is 9.01. The molecule has 4 rings (SSSR count). The Balaban J connectivity index is 1.69. The molecule has 0 fully saturated rings. The molecule has 3 aromatic rings. The molecule has 0 aliphatic carbocycles. The van der Waals surface area contributed by atoms with Gasteiger partial charge in [0, 0.05) is 30.2 Å². The number of benzene rings is 3. The molecule has 6 heteroatoms. The van der Waals surface area contributed by atoms with Gasteiger partial charge in [-0.25, -0.2) is 0 Å². The van der Waals surface area contributed by atoms with Crippen LogP contribution in [-0.2, 0) is 6.42 Å². The number of carbonyl (C=O) groups is 2. The van der Waals surface area contributed by atoms with Gasteiger partial charge in [0.05, 0.1) is 11.6 Å². The van der Waals surface area contributed by atoms with Crippen molar-refractivity contribution in [1.82, 2.24) is 9.80 Å². The third-order valence-electron chi connectivity index (χ3n) is 6.65. The van der Waals surface area contributed by atoms with Crippen LogP contribution in [0.4, 0.5) is 0 Å². The maximum atomic E-state index is 13.8. The molecule has 1 aliphatic rings. The van der Waals surface area contributed by atoms with Crippen molar-refractivity contribution >= 4 is 23.4 Å². The summed E-state index contributed by atoms with van der Waals surface area (Å²) in [5, 5.41) is 0.599. The van der Waals surface area contributed by atoms with Crippen LogP contribution in [0, 0.1) is 0 Å². The topological polar surface area (TPSA) is 49.9 Å². The lowest BCUT2D eigenvalue weighted by Gasteiger charge is -2.32. The van der Waals surface area contributed by atoms with Crippen LogP contribution in [-0.4, -0.2) is 53.9 Å². The van der Waals surface area contributed by atoms with E-state index in [0.717, 1.165) is 24.8 Å². The summed E-state index contributed by atoms with van der Waals surface area (Å²) in [6.07, 6.45) is 3.31. The summed E-state index contributed by atoms with van der Waals surface area (Å²) in [5.41, 5.74) is 2.30. The lowest BCUT2D eigenvalue weighted by Crippen LogP contribution is -2.45. The summed E-state index contributed by atoms with van der Waals surface area (Å²) in [7, 11) is 0. The van der Waals surface area contributed by atoms with Gasteiger partial charge < -0.3 is 14.5 Å². The predicted molar refractivity (Wildman–Crippen MR) is 144 cm³/mol. The molecular weight excluding hydrogens is 472 g/mol. The zero-order valence-corrected chi connectivity index (χ0v) is 21.5. The molecule has 1 aliphatic heterocycles. The molecule has 0 radical (unpaired) electrons. The van der Waals surface area contributed by atoms with E-state index < -0.39 is 0 Å². The molecule has 0 bridgehead atoms. The summed E-state index contributed by atoms with van der Waals surface area (Å²) in [4.78, 5) is 30.9. The minimum Gasteiger partial charge on any atom is -0.491 e. The first kappa shape index (κ1) is 25.8. The van der Waals surface area contributed by atoms with E-state index in [0.29, 0.717) is 48.0 Å². The SMILES string of the molecule is CCN1CCCCCN(C(=O)c2ccc(Cl)cc2)[C@H](Cc2ccccc2)COc2ccccc2C1=O. The van der Waals surface area contributed by atoms with Gasteiger partial charge in [-0.3, -0.25) is 9.59 Å². The summed E-state index contributed by atoms with van der Waals surface area (Å²) >= 11 is 6.08. The van der Waals surface area contributed by atoms with E-state index in [4.69, 9.17) is 16.3 Å². The van der Waals surface area contributed by atoms with Gasteiger partial charge in [0.15, 0.2) is 0 Å². The van der Waals surface area contributed by atoms with Crippen LogP contribution < -0.4 is 4.74 Å². The number of rotatable bonds is 4. The number of ether oxygens (including phenoxy) is 1. The number of nitrogens with zero attached hydrogens (tertiary/aromatic N) is 2. The molecule has 1 heterocycles. The van der Waals surface area contributed by atoms with Crippen molar-refractivity contribution < 1.29 is 14.3 Å². The predicted octanol–water partition coefficient (Wildman–Crippen LogP) is 6.12. The third-order valence-corrected chi connectivity index (χ3v) is 6.90. The zero-order valence-electron chi connectivity index (χ0n) is 20.7. The fourth-order valence-corrected chi connectivity index (χ4v) is 4.77. The van der Waals surface area contributed by atoms with Crippen LogP contribution in [0.1, 0.15) is 52.5 Å². The second-order valence-electron chi connectivity index (χ2n) is 9.10. The monoisotopic (exact) mass is 504 g/mol. The highest BCUT2D eigenvalue weighted by atomic mass is 35.5. The smallest absolute Gasteiger partial charge is 0.257 e. The number of fused-ring (bicyclic) bond motifs is 1. The molecular formula is C30H33ClN2O3. The highest BCUT2D eigenvalue weighted by Crippen LogP contribution is 2.24. The Hall–Kier alpha value is -3.31. The molecule has 2 amide bonds. The minimum atomic E-state index is -0.207. The van der Waals surface area contributed by atoms with Crippen LogP contribution in [0.5, 0.6) is 5.75 Å². The van der Waals surface area contributed by atoms with Gasteiger partial charge in [-0.05, 0) is 74.6 Å². The van der Waals surface area contributed by atoms with Crippen molar-refractivity contribution in [1.29, 1.82) is 0 Å². The first-order valence-corrected chi connectivity index (χ1v) is 13.1. The molecule has 0 unspecified atom stereocenters.